The summed E-state index contributed by atoms with van der Waals surface area (Å²) in [6, 6.07) is 7.56. The van der Waals surface area contributed by atoms with Crippen LogP contribution in [0.3, 0.4) is 0 Å². The second-order valence-electron chi connectivity index (χ2n) is 5.07. The molecule has 1 aromatic carbocycles. The van der Waals surface area contributed by atoms with Crippen LogP contribution in [0.5, 0.6) is 5.75 Å². The van der Waals surface area contributed by atoms with E-state index in [1.165, 1.54) is 0 Å². The molecule has 1 aliphatic heterocycles. The Balaban J connectivity index is 1.99. The van der Waals surface area contributed by atoms with Crippen LogP contribution in [0.2, 0.25) is 0 Å². The lowest BCUT2D eigenvalue weighted by atomic mass is 10.1. The Labute approximate surface area is 114 Å². The van der Waals surface area contributed by atoms with Crippen molar-refractivity contribution in [2.75, 3.05) is 26.8 Å². The standard InChI is InChI=1S/C15H21NO3/c1-11-10-19-12(2)8-16(11)9-15(17)13-4-6-14(18-3)7-5-13/h4-7,11-12H,8-10H2,1-3H3. The fraction of sp³-hybridized carbons (Fsp3) is 0.533. The Bertz CT molecular complexity index is 430. The molecule has 4 nitrogen and oxygen atoms in total. The normalized spacial score (nSPS) is 24.2. The summed E-state index contributed by atoms with van der Waals surface area (Å²) in [6.07, 6.45) is 0.194. The van der Waals surface area contributed by atoms with Crippen LogP contribution in [0.15, 0.2) is 24.3 Å². The molecule has 2 atom stereocenters. The number of morpholine rings is 1. The van der Waals surface area contributed by atoms with Gasteiger partial charge in [0.2, 0.25) is 0 Å². The smallest absolute Gasteiger partial charge is 0.176 e. The van der Waals surface area contributed by atoms with Gasteiger partial charge in [-0.2, -0.15) is 0 Å². The van der Waals surface area contributed by atoms with Gasteiger partial charge in [0.05, 0.1) is 26.4 Å². The van der Waals surface area contributed by atoms with Crippen molar-refractivity contribution in [3.8, 4) is 5.75 Å². The maximum absolute atomic E-state index is 12.2. The molecule has 2 rings (SSSR count). The first kappa shape index (κ1) is 14.0. The molecule has 1 aliphatic rings. The Hall–Kier alpha value is -1.39. The van der Waals surface area contributed by atoms with Gasteiger partial charge in [0.15, 0.2) is 5.78 Å². The second-order valence-corrected chi connectivity index (χ2v) is 5.07. The topological polar surface area (TPSA) is 38.8 Å². The molecule has 0 amide bonds. The number of benzene rings is 1. The van der Waals surface area contributed by atoms with Crippen molar-refractivity contribution in [3.63, 3.8) is 0 Å². The zero-order chi connectivity index (χ0) is 13.8. The van der Waals surface area contributed by atoms with Crippen molar-refractivity contribution >= 4 is 5.78 Å². The van der Waals surface area contributed by atoms with Crippen LogP contribution in [-0.4, -0.2) is 49.6 Å². The van der Waals surface area contributed by atoms with E-state index in [-0.39, 0.29) is 11.9 Å². The summed E-state index contributed by atoms with van der Waals surface area (Å²) < 4.78 is 10.7. The number of hydrogen-bond donors (Lipinski definition) is 0. The number of Topliss-reactive ketones (excluding diaryl/α,β-unsaturated/α-hetero) is 1. The average Bonchev–Trinajstić information content (AvgIpc) is 2.43. The molecule has 0 aliphatic carbocycles. The zero-order valence-electron chi connectivity index (χ0n) is 11.8. The number of carbonyl (C=O) groups is 1. The molecule has 0 N–H and O–H groups in total. The first-order valence-electron chi connectivity index (χ1n) is 6.63. The lowest BCUT2D eigenvalue weighted by Crippen LogP contribution is -2.49. The van der Waals surface area contributed by atoms with Gasteiger partial charge in [0, 0.05) is 18.2 Å². The number of ketones is 1. The van der Waals surface area contributed by atoms with Crippen molar-refractivity contribution in [2.24, 2.45) is 0 Å². The molecule has 19 heavy (non-hydrogen) atoms. The highest BCUT2D eigenvalue weighted by Crippen LogP contribution is 2.15. The van der Waals surface area contributed by atoms with Crippen LogP contribution in [0.1, 0.15) is 24.2 Å². The number of nitrogens with zero attached hydrogens (tertiary/aromatic N) is 1. The molecule has 1 aromatic rings. The van der Waals surface area contributed by atoms with Gasteiger partial charge in [-0.25, -0.2) is 0 Å². The highest BCUT2D eigenvalue weighted by atomic mass is 16.5. The Kier molecular flexibility index (Phi) is 4.56. The summed E-state index contributed by atoms with van der Waals surface area (Å²) in [5, 5.41) is 0. The fourth-order valence-electron chi connectivity index (χ4n) is 2.24. The molecule has 4 heteroatoms. The van der Waals surface area contributed by atoms with Crippen molar-refractivity contribution in [1.82, 2.24) is 4.90 Å². The molecule has 104 valence electrons. The van der Waals surface area contributed by atoms with Crippen molar-refractivity contribution in [3.05, 3.63) is 29.8 Å². The van der Waals surface area contributed by atoms with Gasteiger partial charge < -0.3 is 9.47 Å². The number of carbonyl (C=O) groups excluding carboxylic acids is 1. The van der Waals surface area contributed by atoms with Crippen LogP contribution in [-0.2, 0) is 4.74 Å². The molecule has 0 aromatic heterocycles. The van der Waals surface area contributed by atoms with Crippen molar-refractivity contribution in [2.45, 2.75) is 26.0 Å². The Morgan fingerprint density at radius 1 is 1.37 bits per heavy atom. The molecule has 2 unspecified atom stereocenters. The number of hydrogen-bond acceptors (Lipinski definition) is 4. The number of methoxy groups -OCH3 is 1. The van der Waals surface area contributed by atoms with E-state index in [0.29, 0.717) is 19.2 Å². The maximum atomic E-state index is 12.2. The minimum Gasteiger partial charge on any atom is -0.497 e. The second kappa shape index (κ2) is 6.17. The molecule has 1 fully saturated rings. The third-order valence-corrected chi connectivity index (χ3v) is 3.50. The maximum Gasteiger partial charge on any atom is 0.176 e. The predicted octanol–water partition coefficient (Wildman–Crippen LogP) is 1.99. The van der Waals surface area contributed by atoms with E-state index in [1.807, 2.05) is 31.2 Å². The van der Waals surface area contributed by atoms with Gasteiger partial charge in [-0.05, 0) is 38.1 Å². The summed E-state index contributed by atoms with van der Waals surface area (Å²) in [5.74, 6) is 0.911. The van der Waals surface area contributed by atoms with Crippen LogP contribution in [0.25, 0.3) is 0 Å². The minimum absolute atomic E-state index is 0.142. The quantitative estimate of drug-likeness (QED) is 0.779. The predicted molar refractivity (Wildman–Crippen MR) is 73.8 cm³/mol. The fourth-order valence-corrected chi connectivity index (χ4v) is 2.24. The summed E-state index contributed by atoms with van der Waals surface area (Å²) in [6.45, 7) is 6.07. The molecule has 0 saturated carbocycles. The van der Waals surface area contributed by atoms with E-state index < -0.39 is 0 Å². The van der Waals surface area contributed by atoms with E-state index in [9.17, 15) is 4.79 Å². The van der Waals surface area contributed by atoms with Crippen LogP contribution in [0, 0.1) is 0 Å². The molecular weight excluding hydrogens is 242 g/mol. The van der Waals surface area contributed by atoms with Gasteiger partial charge in [0.25, 0.3) is 0 Å². The number of rotatable bonds is 4. The van der Waals surface area contributed by atoms with Crippen LogP contribution >= 0.6 is 0 Å². The molecule has 0 bridgehead atoms. The van der Waals surface area contributed by atoms with E-state index >= 15 is 0 Å². The van der Waals surface area contributed by atoms with E-state index in [4.69, 9.17) is 9.47 Å². The summed E-state index contributed by atoms with van der Waals surface area (Å²) >= 11 is 0. The van der Waals surface area contributed by atoms with Gasteiger partial charge in [-0.1, -0.05) is 0 Å². The highest BCUT2D eigenvalue weighted by Gasteiger charge is 2.25. The molecule has 1 heterocycles. The molecule has 0 spiro atoms. The Morgan fingerprint density at radius 3 is 2.68 bits per heavy atom. The number of ether oxygens (including phenoxy) is 2. The SMILES string of the molecule is COc1ccc(C(=O)CN2CC(C)OCC2C)cc1. The van der Waals surface area contributed by atoms with Crippen molar-refractivity contribution in [1.29, 1.82) is 0 Å². The highest BCUT2D eigenvalue weighted by molar-refractivity contribution is 5.97. The minimum atomic E-state index is 0.142. The molecule has 1 saturated heterocycles. The monoisotopic (exact) mass is 263 g/mol. The summed E-state index contributed by atoms with van der Waals surface area (Å²) in [7, 11) is 1.62. The van der Waals surface area contributed by atoms with E-state index in [2.05, 4.69) is 11.8 Å². The lowest BCUT2D eigenvalue weighted by Gasteiger charge is -2.36. The van der Waals surface area contributed by atoms with Crippen LogP contribution in [0.4, 0.5) is 0 Å². The summed E-state index contributed by atoms with van der Waals surface area (Å²) in [4.78, 5) is 14.4. The third-order valence-electron chi connectivity index (χ3n) is 3.50. The van der Waals surface area contributed by atoms with E-state index in [1.54, 1.807) is 7.11 Å². The molecular formula is C15H21NO3. The van der Waals surface area contributed by atoms with Gasteiger partial charge in [-0.3, -0.25) is 9.69 Å². The van der Waals surface area contributed by atoms with Gasteiger partial charge in [0.1, 0.15) is 5.75 Å². The lowest BCUT2D eigenvalue weighted by molar-refractivity contribution is -0.0460. The zero-order valence-corrected chi connectivity index (χ0v) is 11.8. The third kappa shape index (κ3) is 3.55. The first-order valence-corrected chi connectivity index (χ1v) is 6.63. The first-order chi connectivity index (χ1) is 9.10. The van der Waals surface area contributed by atoms with Gasteiger partial charge in [-0.15, -0.1) is 0 Å². The largest absolute Gasteiger partial charge is 0.497 e. The van der Waals surface area contributed by atoms with E-state index in [0.717, 1.165) is 17.9 Å². The average molecular weight is 263 g/mol. The Morgan fingerprint density at radius 2 is 2.05 bits per heavy atom. The van der Waals surface area contributed by atoms with Gasteiger partial charge >= 0.3 is 0 Å². The van der Waals surface area contributed by atoms with Crippen molar-refractivity contribution < 1.29 is 14.3 Å². The van der Waals surface area contributed by atoms with Crippen LogP contribution < -0.4 is 4.74 Å². The summed E-state index contributed by atoms with van der Waals surface area (Å²) in [5.41, 5.74) is 0.729. The molecule has 0 radical (unpaired) electrons.